The van der Waals surface area contributed by atoms with Crippen LogP contribution in [0.4, 0.5) is 0 Å². The molecule has 0 aliphatic heterocycles. The van der Waals surface area contributed by atoms with E-state index in [0.29, 0.717) is 5.92 Å². The average molecular weight is 263 g/mol. The van der Waals surface area contributed by atoms with Gasteiger partial charge < -0.3 is 0 Å². The van der Waals surface area contributed by atoms with Crippen molar-refractivity contribution in [1.29, 1.82) is 0 Å². The predicted molar refractivity (Wildman–Crippen MR) is 81.6 cm³/mol. The van der Waals surface area contributed by atoms with Crippen LogP contribution in [0.1, 0.15) is 31.0 Å². The Hall–Kier alpha value is -2.29. The maximum absolute atomic E-state index is 4.49. The van der Waals surface area contributed by atoms with E-state index in [2.05, 4.69) is 54.2 Å². The largest absolute Gasteiger partial charge is 0.256 e. The maximum atomic E-state index is 4.49. The number of pyridine rings is 1. The maximum Gasteiger partial charge on any atom is 0.0945 e. The number of aryl methyl sites for hydroxylation is 1. The quantitative estimate of drug-likeness (QED) is 0.698. The van der Waals surface area contributed by atoms with Gasteiger partial charge in [0.25, 0.3) is 0 Å². The molecule has 0 aliphatic rings. The minimum atomic E-state index is 0.397. The van der Waals surface area contributed by atoms with Crippen molar-refractivity contribution >= 4 is 10.9 Å². The fourth-order valence-corrected chi connectivity index (χ4v) is 2.20. The summed E-state index contributed by atoms with van der Waals surface area (Å²) < 4.78 is 0. The third-order valence-electron chi connectivity index (χ3n) is 3.41. The first-order chi connectivity index (χ1) is 9.63. The van der Waals surface area contributed by atoms with E-state index in [1.807, 2.05) is 24.4 Å². The fourth-order valence-electron chi connectivity index (χ4n) is 2.20. The van der Waals surface area contributed by atoms with Gasteiger partial charge >= 0.3 is 0 Å². The van der Waals surface area contributed by atoms with Crippen LogP contribution in [0.25, 0.3) is 22.2 Å². The second kappa shape index (κ2) is 5.00. The smallest absolute Gasteiger partial charge is 0.0945 e. The number of hydrogen-bond acceptors (Lipinski definition) is 3. The first-order valence-corrected chi connectivity index (χ1v) is 6.84. The van der Waals surface area contributed by atoms with Gasteiger partial charge in [-0.1, -0.05) is 25.5 Å². The topological polar surface area (TPSA) is 38.7 Å². The Morgan fingerprint density at radius 3 is 2.50 bits per heavy atom. The van der Waals surface area contributed by atoms with E-state index in [4.69, 9.17) is 0 Å². The van der Waals surface area contributed by atoms with E-state index >= 15 is 0 Å². The molecule has 0 saturated carbocycles. The van der Waals surface area contributed by atoms with Crippen molar-refractivity contribution in [1.82, 2.24) is 15.2 Å². The van der Waals surface area contributed by atoms with E-state index in [1.54, 1.807) is 0 Å². The van der Waals surface area contributed by atoms with Gasteiger partial charge in [0.05, 0.1) is 16.9 Å². The highest BCUT2D eigenvalue weighted by molar-refractivity contribution is 5.83. The zero-order chi connectivity index (χ0) is 14.1. The Morgan fingerprint density at radius 2 is 1.80 bits per heavy atom. The molecule has 0 unspecified atom stereocenters. The predicted octanol–water partition coefficient (Wildman–Crippen LogP) is 4.12. The molecule has 20 heavy (non-hydrogen) atoms. The van der Waals surface area contributed by atoms with Crippen LogP contribution < -0.4 is 0 Å². The van der Waals surface area contributed by atoms with Crippen LogP contribution in [0.5, 0.6) is 0 Å². The third-order valence-corrected chi connectivity index (χ3v) is 3.41. The van der Waals surface area contributed by atoms with Gasteiger partial charge in [0, 0.05) is 17.1 Å². The van der Waals surface area contributed by atoms with Gasteiger partial charge in [-0.2, -0.15) is 10.2 Å². The number of aromatic nitrogens is 3. The molecule has 100 valence electrons. The Bertz CT molecular complexity index is 746. The molecular weight excluding hydrogens is 246 g/mol. The van der Waals surface area contributed by atoms with Gasteiger partial charge in [-0.3, -0.25) is 4.98 Å². The van der Waals surface area contributed by atoms with Crippen molar-refractivity contribution in [3.05, 3.63) is 53.9 Å². The number of nitrogens with zero attached hydrogens (tertiary/aromatic N) is 3. The van der Waals surface area contributed by atoms with Crippen LogP contribution in [-0.4, -0.2) is 15.2 Å². The zero-order valence-corrected chi connectivity index (χ0v) is 12.0. The molecule has 0 radical (unpaired) electrons. The summed E-state index contributed by atoms with van der Waals surface area (Å²) in [6.45, 7) is 6.32. The summed E-state index contributed by atoms with van der Waals surface area (Å²) in [5.41, 5.74) is 5.12. The summed E-state index contributed by atoms with van der Waals surface area (Å²) in [5.74, 6) is 0.397. The van der Waals surface area contributed by atoms with E-state index < -0.39 is 0 Å². The molecule has 3 aromatic rings. The second-order valence-electron chi connectivity index (χ2n) is 5.42. The van der Waals surface area contributed by atoms with Crippen LogP contribution in [0, 0.1) is 6.92 Å². The number of rotatable bonds is 2. The van der Waals surface area contributed by atoms with Crippen LogP contribution in [0.3, 0.4) is 0 Å². The average Bonchev–Trinajstić information content (AvgIpc) is 2.46. The minimum Gasteiger partial charge on any atom is -0.256 e. The summed E-state index contributed by atoms with van der Waals surface area (Å²) in [6, 6.07) is 12.4. The lowest BCUT2D eigenvalue weighted by Gasteiger charge is -2.06. The Kier molecular flexibility index (Phi) is 3.18. The fraction of sp³-hybridized carbons (Fsp3) is 0.235. The van der Waals surface area contributed by atoms with E-state index in [-0.39, 0.29) is 0 Å². The second-order valence-corrected chi connectivity index (χ2v) is 5.42. The van der Waals surface area contributed by atoms with Crippen molar-refractivity contribution in [2.75, 3.05) is 0 Å². The molecule has 0 atom stereocenters. The van der Waals surface area contributed by atoms with Crippen molar-refractivity contribution in [3.63, 3.8) is 0 Å². The highest BCUT2D eigenvalue weighted by Gasteiger charge is 2.05. The van der Waals surface area contributed by atoms with Crippen molar-refractivity contribution in [3.8, 4) is 11.3 Å². The molecule has 0 bridgehead atoms. The molecule has 0 saturated heterocycles. The molecule has 3 heteroatoms. The van der Waals surface area contributed by atoms with Gasteiger partial charge in [0.15, 0.2) is 0 Å². The minimum absolute atomic E-state index is 0.397. The van der Waals surface area contributed by atoms with E-state index in [1.165, 1.54) is 5.56 Å². The van der Waals surface area contributed by atoms with Crippen LogP contribution in [0.2, 0.25) is 0 Å². The van der Waals surface area contributed by atoms with Crippen LogP contribution in [-0.2, 0) is 0 Å². The highest BCUT2D eigenvalue weighted by atomic mass is 15.1. The molecule has 0 spiro atoms. The Balaban J connectivity index is 2.05. The first-order valence-electron chi connectivity index (χ1n) is 6.84. The Morgan fingerprint density at radius 1 is 0.950 bits per heavy atom. The van der Waals surface area contributed by atoms with Crippen LogP contribution >= 0.6 is 0 Å². The van der Waals surface area contributed by atoms with Gasteiger partial charge in [0.2, 0.25) is 0 Å². The van der Waals surface area contributed by atoms with E-state index in [0.717, 1.165) is 27.9 Å². The molecular formula is C17H17N3. The van der Waals surface area contributed by atoms with Gasteiger partial charge in [-0.15, -0.1) is 0 Å². The van der Waals surface area contributed by atoms with Crippen LogP contribution in [0.15, 0.2) is 42.6 Å². The molecule has 3 nitrogen and oxygen atoms in total. The van der Waals surface area contributed by atoms with Crippen molar-refractivity contribution < 1.29 is 0 Å². The van der Waals surface area contributed by atoms with Crippen molar-refractivity contribution in [2.45, 2.75) is 26.7 Å². The highest BCUT2D eigenvalue weighted by Crippen LogP contribution is 2.22. The molecule has 0 fully saturated rings. The summed E-state index contributed by atoms with van der Waals surface area (Å²) in [6.07, 6.45) is 1.86. The number of fused-ring (bicyclic) bond motifs is 1. The number of benzene rings is 1. The first kappa shape index (κ1) is 12.7. The van der Waals surface area contributed by atoms with E-state index in [9.17, 15) is 0 Å². The molecule has 0 N–H and O–H groups in total. The molecule has 0 aliphatic carbocycles. The lowest BCUT2D eigenvalue weighted by molar-refractivity contribution is 0.787. The summed E-state index contributed by atoms with van der Waals surface area (Å²) in [4.78, 5) is 4.49. The normalized spacial score (nSPS) is 11.2. The lowest BCUT2D eigenvalue weighted by Crippen LogP contribution is -1.96. The molecule has 2 aromatic heterocycles. The molecule has 0 amide bonds. The summed E-state index contributed by atoms with van der Waals surface area (Å²) >= 11 is 0. The molecule has 3 rings (SSSR count). The Labute approximate surface area is 118 Å². The molecule has 1 aromatic carbocycles. The zero-order valence-electron chi connectivity index (χ0n) is 12.0. The van der Waals surface area contributed by atoms with Gasteiger partial charge in [0.1, 0.15) is 0 Å². The third kappa shape index (κ3) is 2.39. The van der Waals surface area contributed by atoms with Gasteiger partial charge in [-0.05, 0) is 43.2 Å². The monoisotopic (exact) mass is 263 g/mol. The summed E-state index contributed by atoms with van der Waals surface area (Å²) in [5, 5.41) is 9.72. The van der Waals surface area contributed by atoms with Crippen molar-refractivity contribution in [2.24, 2.45) is 0 Å². The lowest BCUT2D eigenvalue weighted by atomic mass is 10.1. The molecule has 2 heterocycles. The summed E-state index contributed by atoms with van der Waals surface area (Å²) in [7, 11) is 0. The SMILES string of the molecule is Cc1ccc2ncc(-c3ccc(C(C)C)nn3)cc2c1. The van der Waals surface area contributed by atoms with Gasteiger partial charge in [-0.25, -0.2) is 0 Å². The number of hydrogen-bond donors (Lipinski definition) is 0. The standard InChI is InChI=1S/C17H17N3/c1-11(2)15-6-7-17(20-19-15)14-9-13-8-12(3)4-5-16(13)18-10-14/h4-11H,1-3H3.